The fourth-order valence-corrected chi connectivity index (χ4v) is 2.42. The second-order valence-electron chi connectivity index (χ2n) is 3.91. The van der Waals surface area contributed by atoms with Crippen molar-refractivity contribution >= 4 is 56.7 Å². The van der Waals surface area contributed by atoms with Crippen molar-refractivity contribution < 1.29 is 14.7 Å². The van der Waals surface area contributed by atoms with Gasteiger partial charge in [-0.3, -0.25) is 4.79 Å². The molecular weight excluding hydrogens is 383 g/mol. The average molecular weight is 390 g/mol. The van der Waals surface area contributed by atoms with Gasteiger partial charge in [0.2, 0.25) is 0 Å². The summed E-state index contributed by atoms with van der Waals surface area (Å²) >= 11 is 14.9. The predicted molar refractivity (Wildman–Crippen MR) is 83.3 cm³/mol. The number of benzene rings is 1. The number of aromatic nitrogens is 1. The fraction of sp³-hybridized carbons (Fsp3) is 0. The Bertz CT molecular complexity index is 737. The number of carbonyl (C=O) groups is 2. The quantitative estimate of drug-likeness (QED) is 0.774. The van der Waals surface area contributed by atoms with Gasteiger partial charge >= 0.3 is 5.97 Å². The second-order valence-corrected chi connectivity index (χ2v) is 5.53. The molecule has 1 aromatic heterocycles. The molecule has 108 valence electrons. The van der Waals surface area contributed by atoms with Crippen LogP contribution in [-0.2, 0) is 0 Å². The molecule has 0 atom stereocenters. The highest BCUT2D eigenvalue weighted by atomic mass is 79.9. The molecule has 0 bridgehead atoms. The summed E-state index contributed by atoms with van der Waals surface area (Å²) in [6.45, 7) is 0. The number of amides is 1. The van der Waals surface area contributed by atoms with Crippen LogP contribution in [0.2, 0.25) is 10.0 Å². The summed E-state index contributed by atoms with van der Waals surface area (Å²) in [7, 11) is 0. The van der Waals surface area contributed by atoms with Gasteiger partial charge in [-0.25, -0.2) is 9.78 Å². The zero-order chi connectivity index (χ0) is 15.6. The van der Waals surface area contributed by atoms with Crippen LogP contribution in [0.1, 0.15) is 20.7 Å². The van der Waals surface area contributed by atoms with E-state index in [2.05, 4.69) is 26.2 Å². The number of hydrogen-bond donors (Lipinski definition) is 2. The van der Waals surface area contributed by atoms with Crippen LogP contribution < -0.4 is 5.32 Å². The SMILES string of the molecule is O=C(Nc1c(Cl)ccc(Cl)c1C(=O)O)c1ccnc(Br)c1. The number of nitrogens with one attached hydrogen (secondary N) is 1. The van der Waals surface area contributed by atoms with E-state index in [1.807, 2.05) is 0 Å². The van der Waals surface area contributed by atoms with Gasteiger partial charge in [-0.1, -0.05) is 23.2 Å². The number of anilines is 1. The predicted octanol–water partition coefficient (Wildman–Crippen LogP) is 4.10. The van der Waals surface area contributed by atoms with E-state index in [1.165, 1.54) is 30.5 Å². The maximum Gasteiger partial charge on any atom is 0.339 e. The van der Waals surface area contributed by atoms with Crippen LogP contribution in [0, 0.1) is 0 Å². The first kappa shape index (κ1) is 15.8. The summed E-state index contributed by atoms with van der Waals surface area (Å²) in [5.74, 6) is -1.81. The molecule has 2 N–H and O–H groups in total. The summed E-state index contributed by atoms with van der Waals surface area (Å²) < 4.78 is 0.478. The number of pyridine rings is 1. The molecule has 0 fully saturated rings. The van der Waals surface area contributed by atoms with E-state index >= 15 is 0 Å². The number of halogens is 3. The average Bonchev–Trinajstić information content (AvgIpc) is 2.42. The van der Waals surface area contributed by atoms with E-state index in [1.54, 1.807) is 0 Å². The first-order chi connectivity index (χ1) is 9.90. The smallest absolute Gasteiger partial charge is 0.339 e. The number of hydrogen-bond acceptors (Lipinski definition) is 3. The first-order valence-electron chi connectivity index (χ1n) is 5.54. The number of carboxylic acid groups (broad SMARTS) is 1. The Hall–Kier alpha value is -1.63. The molecule has 0 aliphatic rings. The molecule has 2 rings (SSSR count). The Morgan fingerprint density at radius 1 is 1.19 bits per heavy atom. The van der Waals surface area contributed by atoms with E-state index in [0.29, 0.717) is 10.2 Å². The lowest BCUT2D eigenvalue weighted by Crippen LogP contribution is -2.15. The molecule has 1 amide bonds. The van der Waals surface area contributed by atoms with Crippen molar-refractivity contribution in [2.45, 2.75) is 0 Å². The van der Waals surface area contributed by atoms with Gasteiger partial charge in [0.25, 0.3) is 5.91 Å². The number of aromatic carboxylic acids is 1. The first-order valence-corrected chi connectivity index (χ1v) is 7.09. The summed E-state index contributed by atoms with van der Waals surface area (Å²) in [5, 5.41) is 11.7. The molecule has 2 aromatic rings. The molecule has 21 heavy (non-hydrogen) atoms. The Morgan fingerprint density at radius 3 is 2.48 bits per heavy atom. The van der Waals surface area contributed by atoms with Crippen molar-refractivity contribution in [1.82, 2.24) is 4.98 Å². The Morgan fingerprint density at radius 2 is 1.86 bits per heavy atom. The topological polar surface area (TPSA) is 79.3 Å². The highest BCUT2D eigenvalue weighted by Crippen LogP contribution is 2.32. The highest BCUT2D eigenvalue weighted by molar-refractivity contribution is 9.10. The second kappa shape index (κ2) is 6.43. The van der Waals surface area contributed by atoms with Crippen LogP contribution in [-0.4, -0.2) is 22.0 Å². The third kappa shape index (κ3) is 3.53. The third-order valence-electron chi connectivity index (χ3n) is 2.54. The summed E-state index contributed by atoms with van der Waals surface area (Å²) in [4.78, 5) is 27.3. The van der Waals surface area contributed by atoms with E-state index in [9.17, 15) is 14.7 Å². The molecule has 1 heterocycles. The maximum absolute atomic E-state index is 12.2. The zero-order valence-corrected chi connectivity index (χ0v) is 13.3. The number of rotatable bonds is 3. The van der Waals surface area contributed by atoms with Crippen molar-refractivity contribution in [2.75, 3.05) is 5.32 Å². The molecule has 0 aliphatic heterocycles. The van der Waals surface area contributed by atoms with Crippen LogP contribution in [0.3, 0.4) is 0 Å². The minimum atomic E-state index is -1.28. The largest absolute Gasteiger partial charge is 0.478 e. The Labute approximate surface area is 138 Å². The Kier molecular flexibility index (Phi) is 4.82. The van der Waals surface area contributed by atoms with Crippen molar-refractivity contribution in [3.63, 3.8) is 0 Å². The monoisotopic (exact) mass is 388 g/mol. The lowest BCUT2D eigenvalue weighted by molar-refractivity contribution is 0.0698. The highest BCUT2D eigenvalue weighted by Gasteiger charge is 2.20. The van der Waals surface area contributed by atoms with Gasteiger partial charge in [0.15, 0.2) is 0 Å². The lowest BCUT2D eigenvalue weighted by atomic mass is 10.1. The molecule has 0 aliphatic carbocycles. The van der Waals surface area contributed by atoms with Gasteiger partial charge < -0.3 is 10.4 Å². The van der Waals surface area contributed by atoms with Gasteiger partial charge in [-0.2, -0.15) is 0 Å². The van der Waals surface area contributed by atoms with Crippen molar-refractivity contribution in [1.29, 1.82) is 0 Å². The fourth-order valence-electron chi connectivity index (χ4n) is 1.61. The van der Waals surface area contributed by atoms with Crippen LogP contribution in [0.5, 0.6) is 0 Å². The molecule has 0 saturated carbocycles. The van der Waals surface area contributed by atoms with Crippen molar-refractivity contribution in [3.8, 4) is 0 Å². The minimum absolute atomic E-state index is 0.0156. The van der Waals surface area contributed by atoms with Crippen LogP contribution in [0.15, 0.2) is 35.1 Å². The van der Waals surface area contributed by atoms with E-state index < -0.39 is 11.9 Å². The number of nitrogens with zero attached hydrogens (tertiary/aromatic N) is 1. The van der Waals surface area contributed by atoms with Crippen molar-refractivity contribution in [3.05, 3.63) is 56.2 Å². The molecule has 0 radical (unpaired) electrons. The Balaban J connectivity index is 2.42. The third-order valence-corrected chi connectivity index (χ3v) is 3.61. The van der Waals surface area contributed by atoms with Crippen LogP contribution in [0.25, 0.3) is 0 Å². The maximum atomic E-state index is 12.2. The molecule has 0 unspecified atom stereocenters. The molecule has 0 saturated heterocycles. The van der Waals surface area contributed by atoms with Gasteiger partial charge in [0.05, 0.1) is 15.7 Å². The zero-order valence-electron chi connectivity index (χ0n) is 10.2. The van der Waals surface area contributed by atoms with Gasteiger partial charge in [-0.05, 0) is 40.2 Å². The molecule has 5 nitrogen and oxygen atoms in total. The summed E-state index contributed by atoms with van der Waals surface area (Å²) in [6, 6.07) is 5.74. The lowest BCUT2D eigenvalue weighted by Gasteiger charge is -2.11. The van der Waals surface area contributed by atoms with Gasteiger partial charge in [0.1, 0.15) is 10.2 Å². The normalized spacial score (nSPS) is 10.2. The molecule has 0 spiro atoms. The van der Waals surface area contributed by atoms with Crippen LogP contribution in [0.4, 0.5) is 5.69 Å². The number of carbonyl (C=O) groups excluding carboxylic acids is 1. The minimum Gasteiger partial charge on any atom is -0.478 e. The summed E-state index contributed by atoms with van der Waals surface area (Å²) in [6.07, 6.45) is 1.44. The van der Waals surface area contributed by atoms with Crippen molar-refractivity contribution in [2.24, 2.45) is 0 Å². The van der Waals surface area contributed by atoms with Gasteiger partial charge in [0, 0.05) is 11.8 Å². The van der Waals surface area contributed by atoms with Gasteiger partial charge in [-0.15, -0.1) is 0 Å². The standard InChI is InChI=1S/C13H7BrCl2N2O3/c14-9-5-6(3-4-17-9)12(19)18-11-8(16)2-1-7(15)10(11)13(20)21/h1-5H,(H,18,19)(H,20,21). The van der Waals surface area contributed by atoms with E-state index in [-0.39, 0.29) is 21.3 Å². The molecule has 1 aromatic carbocycles. The molecular formula is C13H7BrCl2N2O3. The van der Waals surface area contributed by atoms with E-state index in [0.717, 1.165) is 0 Å². The number of carboxylic acids is 1. The van der Waals surface area contributed by atoms with Crippen LogP contribution >= 0.6 is 39.1 Å². The van der Waals surface area contributed by atoms with E-state index in [4.69, 9.17) is 23.2 Å². The summed E-state index contributed by atoms with van der Waals surface area (Å²) in [5.41, 5.74) is -0.00973. The molecule has 8 heteroatoms.